The fourth-order valence-electron chi connectivity index (χ4n) is 1.99. The standard InChI is InChI=1S/C11H17N3O2S/c1-9-6-7-14(8-9)17(15,16)11-4-2-10(13-12)3-5-11/h2-5,9,13H,6-8,12H2,1H3. The molecule has 0 bridgehead atoms. The Morgan fingerprint density at radius 2 is 2.00 bits per heavy atom. The molecule has 1 unspecified atom stereocenters. The van der Waals surface area contributed by atoms with E-state index in [1.54, 1.807) is 28.6 Å². The van der Waals surface area contributed by atoms with Crippen LogP contribution in [0.3, 0.4) is 0 Å². The van der Waals surface area contributed by atoms with Gasteiger partial charge in [0.1, 0.15) is 0 Å². The minimum absolute atomic E-state index is 0.325. The number of nitrogens with two attached hydrogens (primary N) is 1. The van der Waals surface area contributed by atoms with Crippen LogP contribution < -0.4 is 11.3 Å². The van der Waals surface area contributed by atoms with Crippen LogP contribution in [0.15, 0.2) is 29.2 Å². The van der Waals surface area contributed by atoms with E-state index in [1.165, 1.54) is 0 Å². The first kappa shape index (κ1) is 12.3. The molecule has 0 saturated carbocycles. The second kappa shape index (κ2) is 4.64. The van der Waals surface area contributed by atoms with Crippen LogP contribution in [0.5, 0.6) is 0 Å². The normalized spacial score (nSPS) is 21.6. The van der Waals surface area contributed by atoms with Crippen molar-refractivity contribution >= 4 is 15.7 Å². The molecule has 6 heteroatoms. The third-order valence-corrected chi connectivity index (χ3v) is 4.92. The number of nitrogens with one attached hydrogen (secondary N) is 1. The molecule has 1 fully saturated rings. The molecule has 1 atom stereocenters. The first-order valence-electron chi connectivity index (χ1n) is 5.61. The van der Waals surface area contributed by atoms with E-state index in [2.05, 4.69) is 12.3 Å². The second-order valence-corrected chi connectivity index (χ2v) is 6.36. The highest BCUT2D eigenvalue weighted by Gasteiger charge is 2.30. The number of benzene rings is 1. The molecule has 0 aliphatic carbocycles. The van der Waals surface area contributed by atoms with Crippen molar-refractivity contribution in [3.8, 4) is 0 Å². The number of anilines is 1. The quantitative estimate of drug-likeness (QED) is 0.624. The van der Waals surface area contributed by atoms with E-state index in [1.807, 2.05) is 0 Å². The van der Waals surface area contributed by atoms with E-state index < -0.39 is 10.0 Å². The molecule has 1 aromatic carbocycles. The number of rotatable bonds is 3. The molecule has 1 aliphatic heterocycles. The van der Waals surface area contributed by atoms with Gasteiger partial charge in [0.05, 0.1) is 4.90 Å². The third-order valence-electron chi connectivity index (χ3n) is 3.05. The van der Waals surface area contributed by atoms with Gasteiger partial charge in [-0.15, -0.1) is 0 Å². The summed E-state index contributed by atoms with van der Waals surface area (Å²) in [6, 6.07) is 6.47. The van der Waals surface area contributed by atoms with Gasteiger partial charge in [-0.25, -0.2) is 8.42 Å². The number of hydrogen-bond acceptors (Lipinski definition) is 4. The van der Waals surface area contributed by atoms with Crippen LogP contribution in [0.4, 0.5) is 5.69 Å². The van der Waals surface area contributed by atoms with Gasteiger partial charge < -0.3 is 5.43 Å². The van der Waals surface area contributed by atoms with Crippen molar-refractivity contribution in [2.45, 2.75) is 18.2 Å². The summed E-state index contributed by atoms with van der Waals surface area (Å²) >= 11 is 0. The molecule has 0 spiro atoms. The minimum Gasteiger partial charge on any atom is -0.324 e. The highest BCUT2D eigenvalue weighted by molar-refractivity contribution is 7.89. The molecule has 2 rings (SSSR count). The Balaban J connectivity index is 2.25. The van der Waals surface area contributed by atoms with Gasteiger partial charge in [0.15, 0.2) is 0 Å². The molecule has 5 nitrogen and oxygen atoms in total. The van der Waals surface area contributed by atoms with Gasteiger partial charge in [0.2, 0.25) is 10.0 Å². The van der Waals surface area contributed by atoms with Crippen molar-refractivity contribution in [2.75, 3.05) is 18.5 Å². The SMILES string of the molecule is CC1CCN(S(=O)(=O)c2ccc(NN)cc2)C1. The number of sulfonamides is 1. The summed E-state index contributed by atoms with van der Waals surface area (Å²) in [4.78, 5) is 0.325. The lowest BCUT2D eigenvalue weighted by Crippen LogP contribution is -2.28. The lowest BCUT2D eigenvalue weighted by molar-refractivity contribution is 0.464. The highest BCUT2D eigenvalue weighted by atomic mass is 32.2. The van der Waals surface area contributed by atoms with E-state index in [9.17, 15) is 8.42 Å². The average molecular weight is 255 g/mol. The van der Waals surface area contributed by atoms with Crippen molar-refractivity contribution < 1.29 is 8.42 Å². The molecule has 3 N–H and O–H groups in total. The van der Waals surface area contributed by atoms with Gasteiger partial charge >= 0.3 is 0 Å². The fraction of sp³-hybridized carbons (Fsp3) is 0.455. The van der Waals surface area contributed by atoms with Crippen molar-refractivity contribution in [1.82, 2.24) is 4.31 Å². The van der Waals surface area contributed by atoms with Crippen molar-refractivity contribution in [2.24, 2.45) is 11.8 Å². The predicted octanol–water partition coefficient (Wildman–Crippen LogP) is 1.00. The number of nitrogen functional groups attached to an aromatic ring is 1. The van der Waals surface area contributed by atoms with Crippen LogP contribution in [0.2, 0.25) is 0 Å². The molecule has 0 aromatic heterocycles. The first-order chi connectivity index (χ1) is 8.04. The number of hydrazine groups is 1. The molecule has 1 aliphatic rings. The van der Waals surface area contributed by atoms with Crippen LogP contribution in [0.1, 0.15) is 13.3 Å². The molecule has 17 heavy (non-hydrogen) atoms. The highest BCUT2D eigenvalue weighted by Crippen LogP contribution is 2.24. The van der Waals surface area contributed by atoms with Crippen molar-refractivity contribution in [1.29, 1.82) is 0 Å². The zero-order chi connectivity index (χ0) is 12.5. The maximum atomic E-state index is 12.3. The van der Waals surface area contributed by atoms with Gasteiger partial charge in [-0.2, -0.15) is 4.31 Å². The molecule has 0 radical (unpaired) electrons. The fourth-order valence-corrected chi connectivity index (χ4v) is 3.56. The lowest BCUT2D eigenvalue weighted by atomic mass is 10.2. The van der Waals surface area contributed by atoms with Crippen LogP contribution in [-0.4, -0.2) is 25.8 Å². The number of nitrogens with zero attached hydrogens (tertiary/aromatic N) is 1. The van der Waals surface area contributed by atoms with E-state index in [0.29, 0.717) is 29.6 Å². The van der Waals surface area contributed by atoms with Gasteiger partial charge in [-0.3, -0.25) is 5.84 Å². The average Bonchev–Trinajstić information content (AvgIpc) is 2.77. The van der Waals surface area contributed by atoms with Crippen LogP contribution in [0, 0.1) is 5.92 Å². The zero-order valence-corrected chi connectivity index (χ0v) is 10.6. The van der Waals surface area contributed by atoms with Crippen LogP contribution in [0.25, 0.3) is 0 Å². The first-order valence-corrected chi connectivity index (χ1v) is 7.05. The van der Waals surface area contributed by atoms with E-state index in [0.717, 1.165) is 6.42 Å². The Hall–Kier alpha value is -1.11. The van der Waals surface area contributed by atoms with Gasteiger partial charge in [0, 0.05) is 18.8 Å². The van der Waals surface area contributed by atoms with Crippen molar-refractivity contribution in [3.63, 3.8) is 0 Å². The van der Waals surface area contributed by atoms with E-state index in [4.69, 9.17) is 5.84 Å². The summed E-state index contributed by atoms with van der Waals surface area (Å²) in [7, 11) is -3.33. The number of hydrogen-bond donors (Lipinski definition) is 2. The van der Waals surface area contributed by atoms with Gasteiger partial charge in [-0.05, 0) is 36.6 Å². The second-order valence-electron chi connectivity index (χ2n) is 4.43. The molecular weight excluding hydrogens is 238 g/mol. The summed E-state index contributed by atoms with van der Waals surface area (Å²) < 4.78 is 26.1. The lowest BCUT2D eigenvalue weighted by Gasteiger charge is -2.16. The largest absolute Gasteiger partial charge is 0.324 e. The maximum Gasteiger partial charge on any atom is 0.243 e. The van der Waals surface area contributed by atoms with E-state index in [-0.39, 0.29) is 0 Å². The van der Waals surface area contributed by atoms with E-state index >= 15 is 0 Å². The van der Waals surface area contributed by atoms with Crippen LogP contribution >= 0.6 is 0 Å². The van der Waals surface area contributed by atoms with Crippen LogP contribution in [-0.2, 0) is 10.0 Å². The summed E-state index contributed by atoms with van der Waals surface area (Å²) in [6.45, 7) is 3.29. The molecule has 94 valence electrons. The van der Waals surface area contributed by atoms with Gasteiger partial charge in [0.25, 0.3) is 0 Å². The Labute approximate surface area is 102 Å². The minimum atomic E-state index is -3.33. The monoisotopic (exact) mass is 255 g/mol. The molecule has 1 saturated heterocycles. The predicted molar refractivity (Wildman–Crippen MR) is 66.8 cm³/mol. The molecule has 1 aromatic rings. The molecule has 0 amide bonds. The Morgan fingerprint density at radius 1 is 1.35 bits per heavy atom. The summed E-state index contributed by atoms with van der Waals surface area (Å²) in [5.74, 6) is 5.68. The topological polar surface area (TPSA) is 75.4 Å². The Kier molecular flexibility index (Phi) is 3.37. The summed E-state index contributed by atoms with van der Waals surface area (Å²) in [6.07, 6.45) is 0.932. The Bertz CT molecular complexity index is 484. The molecular formula is C11H17N3O2S. The Morgan fingerprint density at radius 3 is 2.47 bits per heavy atom. The maximum absolute atomic E-state index is 12.3. The summed E-state index contributed by atoms with van der Waals surface area (Å²) in [5.41, 5.74) is 3.17. The van der Waals surface area contributed by atoms with Crippen molar-refractivity contribution in [3.05, 3.63) is 24.3 Å². The molecule has 1 heterocycles. The summed E-state index contributed by atoms with van der Waals surface area (Å²) in [5, 5.41) is 0. The zero-order valence-electron chi connectivity index (χ0n) is 9.76. The smallest absolute Gasteiger partial charge is 0.243 e. The third kappa shape index (κ3) is 2.43. The van der Waals surface area contributed by atoms with Gasteiger partial charge in [-0.1, -0.05) is 6.92 Å².